The number of nitrogens with zero attached hydrogens (tertiary/aromatic N) is 2. The molecule has 0 saturated carbocycles. The van der Waals surface area contributed by atoms with Crippen LogP contribution >= 0.6 is 23.5 Å². The van der Waals surface area contributed by atoms with Gasteiger partial charge in [-0.15, -0.1) is 0 Å². The number of carbonyl (C=O) groups excluding carboxylic acids is 2. The van der Waals surface area contributed by atoms with Gasteiger partial charge in [-0.1, -0.05) is 51.2 Å². The summed E-state index contributed by atoms with van der Waals surface area (Å²) in [6.45, 7) is 12.2. The number of phenols is 2. The molecule has 0 aromatic heterocycles. The number of benzene rings is 2. The number of phenolic OH excluding ortho intramolecular Hbond substituents is 2. The molecule has 40 heavy (non-hydrogen) atoms. The number of aromatic hydroxyl groups is 2. The van der Waals surface area contributed by atoms with Crippen LogP contribution in [0.15, 0.2) is 34.1 Å². The van der Waals surface area contributed by atoms with Crippen LogP contribution < -0.4 is 0 Å². The first kappa shape index (κ1) is 31.7. The molecule has 2 atom stereocenters. The van der Waals surface area contributed by atoms with Gasteiger partial charge in [0.1, 0.15) is 11.5 Å². The summed E-state index contributed by atoms with van der Waals surface area (Å²) in [6.07, 6.45) is 5.80. The molecule has 2 fully saturated rings. The molecule has 8 heteroatoms. The first-order valence-electron chi connectivity index (χ1n) is 13.7. The molecule has 0 radical (unpaired) electrons. The van der Waals surface area contributed by atoms with E-state index in [-0.39, 0.29) is 11.8 Å². The number of aryl methyl sites for hydroxylation is 2. The maximum atomic E-state index is 12.1. The average molecular weight is 583 g/mol. The Bertz CT molecular complexity index is 1280. The minimum atomic E-state index is 0.0679. The first-order chi connectivity index (χ1) is 18.9. The summed E-state index contributed by atoms with van der Waals surface area (Å²) in [6, 6.07) is 7.85. The maximum Gasteiger partial charge on any atom is 0.260 e. The van der Waals surface area contributed by atoms with Gasteiger partial charge in [0.05, 0.1) is 21.6 Å². The molecule has 2 aliphatic heterocycles. The molecule has 0 spiro atoms. The van der Waals surface area contributed by atoms with Gasteiger partial charge in [0, 0.05) is 14.1 Å². The lowest BCUT2D eigenvalue weighted by Crippen LogP contribution is -2.18. The van der Waals surface area contributed by atoms with Crippen LogP contribution in [0, 0.1) is 13.8 Å². The summed E-state index contributed by atoms with van der Waals surface area (Å²) < 4.78 is 0. The van der Waals surface area contributed by atoms with E-state index in [9.17, 15) is 19.8 Å². The van der Waals surface area contributed by atoms with E-state index in [0.717, 1.165) is 56.0 Å². The lowest BCUT2D eigenvalue weighted by molar-refractivity contribution is -0.124. The Balaban J connectivity index is 0.000000230. The molecule has 216 valence electrons. The molecule has 2 aromatic rings. The highest BCUT2D eigenvalue weighted by Crippen LogP contribution is 2.39. The Hall–Kier alpha value is -2.84. The molecule has 2 amide bonds. The lowest BCUT2D eigenvalue weighted by Gasteiger charge is -2.19. The third kappa shape index (κ3) is 7.26. The van der Waals surface area contributed by atoms with Crippen molar-refractivity contribution in [2.75, 3.05) is 25.8 Å². The second-order valence-corrected chi connectivity index (χ2v) is 12.7. The Kier molecular flexibility index (Phi) is 10.8. The highest BCUT2D eigenvalue weighted by atomic mass is 32.2. The molecule has 0 aliphatic carbocycles. The Morgan fingerprint density at radius 2 is 1.12 bits per heavy atom. The topological polar surface area (TPSA) is 81.1 Å². The van der Waals surface area contributed by atoms with E-state index in [0.29, 0.717) is 35.1 Å². The van der Waals surface area contributed by atoms with Crippen molar-refractivity contribution in [3.8, 4) is 11.5 Å². The predicted molar refractivity (Wildman–Crippen MR) is 170 cm³/mol. The number of amides is 2. The van der Waals surface area contributed by atoms with Crippen LogP contribution in [0.5, 0.6) is 11.5 Å². The van der Waals surface area contributed by atoms with Crippen LogP contribution in [0.4, 0.5) is 0 Å². The molecule has 0 bridgehead atoms. The van der Waals surface area contributed by atoms with Gasteiger partial charge < -0.3 is 20.0 Å². The van der Waals surface area contributed by atoms with E-state index < -0.39 is 0 Å². The third-order valence-electron chi connectivity index (χ3n) is 7.53. The highest BCUT2D eigenvalue weighted by Gasteiger charge is 2.25. The fraction of sp³-hybridized carbons (Fsp3) is 0.438. The minimum absolute atomic E-state index is 0.0679. The quantitative estimate of drug-likeness (QED) is 0.345. The summed E-state index contributed by atoms with van der Waals surface area (Å²) in [5.74, 6) is 2.92. The van der Waals surface area contributed by atoms with Crippen LogP contribution in [0.1, 0.15) is 85.8 Å². The van der Waals surface area contributed by atoms with Crippen LogP contribution in [0.2, 0.25) is 0 Å². The standard InChI is InChI=1S/C19H27NO2S.C13H15NO2S/c1-6-12(3)15-8-14(9-16(18(15)21)13(4)7-2)10-17-19(22)20(5)11-23-17;1-8-4-10(5-9(2)12(8)15)6-11-13(16)14(3)7-17-11/h8-10,12-13,21H,6-7,11H2,1-5H3;4-6,15H,7H2,1-3H3. The predicted octanol–water partition coefficient (Wildman–Crippen LogP) is 7.44. The molecule has 2 N–H and O–H groups in total. The summed E-state index contributed by atoms with van der Waals surface area (Å²) in [5, 5.41) is 20.4. The van der Waals surface area contributed by atoms with E-state index >= 15 is 0 Å². The number of hydrogen-bond donors (Lipinski definition) is 2. The molecule has 2 saturated heterocycles. The van der Waals surface area contributed by atoms with Crippen LogP contribution in [0.3, 0.4) is 0 Å². The maximum absolute atomic E-state index is 12.1. The first-order valence-corrected chi connectivity index (χ1v) is 15.7. The van der Waals surface area contributed by atoms with Crippen molar-refractivity contribution >= 4 is 47.5 Å². The second kappa shape index (κ2) is 13.7. The van der Waals surface area contributed by atoms with E-state index in [2.05, 4.69) is 27.7 Å². The molecule has 2 heterocycles. The average Bonchev–Trinajstić information content (AvgIpc) is 3.42. The molecule has 6 nitrogen and oxygen atoms in total. The Labute approximate surface area is 247 Å². The smallest absolute Gasteiger partial charge is 0.260 e. The van der Waals surface area contributed by atoms with Crippen molar-refractivity contribution in [3.05, 3.63) is 67.5 Å². The van der Waals surface area contributed by atoms with Crippen LogP contribution in [-0.2, 0) is 9.59 Å². The zero-order chi connectivity index (χ0) is 29.7. The minimum Gasteiger partial charge on any atom is -0.507 e. The normalized spacial score (nSPS) is 18.9. The molecule has 2 unspecified atom stereocenters. The Morgan fingerprint density at radius 1 is 0.750 bits per heavy atom. The van der Waals surface area contributed by atoms with Crippen molar-refractivity contribution in [3.63, 3.8) is 0 Å². The van der Waals surface area contributed by atoms with Gasteiger partial charge in [0.25, 0.3) is 11.8 Å². The Morgan fingerprint density at radius 3 is 1.45 bits per heavy atom. The molecule has 2 aromatic carbocycles. The van der Waals surface area contributed by atoms with Gasteiger partial charge >= 0.3 is 0 Å². The number of likely N-dealkylation sites (N-methyl/N-ethyl adjacent to an activating group) is 2. The number of rotatable bonds is 6. The summed E-state index contributed by atoms with van der Waals surface area (Å²) in [4.78, 5) is 28.8. The molecule has 4 rings (SSSR count). The van der Waals surface area contributed by atoms with Gasteiger partial charge in [0.2, 0.25) is 0 Å². The van der Waals surface area contributed by atoms with Gasteiger partial charge in [-0.2, -0.15) is 0 Å². The van der Waals surface area contributed by atoms with Crippen molar-refractivity contribution in [1.82, 2.24) is 9.80 Å². The molecule has 2 aliphatic rings. The van der Waals surface area contributed by atoms with Gasteiger partial charge in [-0.3, -0.25) is 9.59 Å². The van der Waals surface area contributed by atoms with Crippen LogP contribution in [0.25, 0.3) is 12.2 Å². The summed E-state index contributed by atoms with van der Waals surface area (Å²) in [7, 11) is 3.62. The monoisotopic (exact) mass is 582 g/mol. The number of hydrogen-bond acceptors (Lipinski definition) is 6. The number of thioether (sulfide) groups is 2. The van der Waals surface area contributed by atoms with Gasteiger partial charge in [-0.25, -0.2) is 0 Å². The van der Waals surface area contributed by atoms with E-state index in [1.165, 1.54) is 0 Å². The van der Waals surface area contributed by atoms with E-state index in [1.807, 2.05) is 57.3 Å². The SMILES string of the molecule is CCC(C)c1cc(C=C2SCN(C)C2=O)cc(C(C)CC)c1O.Cc1cc(C=C2SCN(C)C2=O)cc(C)c1O. The third-order valence-corrected chi connectivity index (χ3v) is 9.77. The van der Waals surface area contributed by atoms with E-state index in [1.54, 1.807) is 40.4 Å². The zero-order valence-electron chi connectivity index (χ0n) is 24.9. The van der Waals surface area contributed by atoms with Crippen molar-refractivity contribution in [2.24, 2.45) is 0 Å². The van der Waals surface area contributed by atoms with Gasteiger partial charge in [0.15, 0.2) is 0 Å². The van der Waals surface area contributed by atoms with Gasteiger partial charge in [-0.05, 0) is 108 Å². The fourth-order valence-electron chi connectivity index (χ4n) is 4.51. The van der Waals surface area contributed by atoms with Crippen LogP contribution in [-0.4, -0.2) is 57.7 Å². The highest BCUT2D eigenvalue weighted by molar-refractivity contribution is 8.04. The van der Waals surface area contributed by atoms with E-state index in [4.69, 9.17) is 0 Å². The van der Waals surface area contributed by atoms with Crippen molar-refractivity contribution in [1.29, 1.82) is 0 Å². The lowest BCUT2D eigenvalue weighted by atomic mass is 9.88. The second-order valence-electron chi connectivity index (χ2n) is 10.7. The van der Waals surface area contributed by atoms with Crippen molar-refractivity contribution < 1.29 is 19.8 Å². The van der Waals surface area contributed by atoms with Crippen molar-refractivity contribution in [2.45, 2.75) is 66.2 Å². The molecular weight excluding hydrogens is 540 g/mol. The molecular formula is C32H42N2O4S2. The zero-order valence-corrected chi connectivity index (χ0v) is 26.5. The fourth-order valence-corrected chi connectivity index (χ4v) is 6.41. The largest absolute Gasteiger partial charge is 0.507 e. The summed E-state index contributed by atoms with van der Waals surface area (Å²) in [5.41, 5.74) is 5.62. The number of carbonyl (C=O) groups is 2. The summed E-state index contributed by atoms with van der Waals surface area (Å²) >= 11 is 3.12.